The molecule has 0 bridgehead atoms. The van der Waals surface area contributed by atoms with E-state index in [-0.39, 0.29) is 11.5 Å². The van der Waals surface area contributed by atoms with Crippen molar-refractivity contribution in [3.63, 3.8) is 0 Å². The smallest absolute Gasteiger partial charge is 0.406 e. The van der Waals surface area contributed by atoms with Crippen LogP contribution in [0, 0.1) is 11.7 Å². The molecule has 1 atom stereocenters. The van der Waals surface area contributed by atoms with Crippen molar-refractivity contribution in [2.24, 2.45) is 5.92 Å². The van der Waals surface area contributed by atoms with Crippen molar-refractivity contribution in [1.82, 2.24) is 15.0 Å². The fourth-order valence-electron chi connectivity index (χ4n) is 3.30. The van der Waals surface area contributed by atoms with Crippen molar-refractivity contribution < 1.29 is 27.4 Å². The number of halogens is 4. The zero-order chi connectivity index (χ0) is 20.6. The van der Waals surface area contributed by atoms with Crippen LogP contribution in [0.3, 0.4) is 0 Å². The maximum absolute atomic E-state index is 14.3. The lowest BCUT2D eigenvalue weighted by atomic mass is 9.86. The van der Waals surface area contributed by atoms with Gasteiger partial charge in [-0.25, -0.2) is 14.4 Å². The number of hydrogen-bond donors (Lipinski definition) is 1. The molecule has 1 unspecified atom stereocenters. The molecule has 2 heterocycles. The Kier molecular flexibility index (Phi) is 4.70. The molecule has 0 aliphatic heterocycles. The summed E-state index contributed by atoms with van der Waals surface area (Å²) in [5.41, 5.74) is -0.0506. The molecule has 1 aromatic carbocycles. The summed E-state index contributed by atoms with van der Waals surface area (Å²) >= 11 is 0. The number of nitrogens with zero attached hydrogens (tertiary/aromatic N) is 3. The predicted octanol–water partition coefficient (Wildman–Crippen LogP) is 4.22. The first-order valence-electron chi connectivity index (χ1n) is 8.77. The van der Waals surface area contributed by atoms with Gasteiger partial charge in [0.05, 0.1) is 5.69 Å². The lowest BCUT2D eigenvalue weighted by Gasteiger charge is -2.27. The Morgan fingerprint density at radius 3 is 2.28 bits per heavy atom. The predicted molar refractivity (Wildman–Crippen MR) is 94.1 cm³/mol. The Morgan fingerprint density at radius 1 is 1.00 bits per heavy atom. The molecule has 1 saturated carbocycles. The van der Waals surface area contributed by atoms with Crippen LogP contribution in [0.5, 0.6) is 5.75 Å². The molecule has 1 fully saturated rings. The van der Waals surface area contributed by atoms with Crippen molar-refractivity contribution in [3.8, 4) is 16.9 Å². The van der Waals surface area contributed by atoms with Crippen LogP contribution in [0.1, 0.15) is 24.1 Å². The number of hydrogen-bond acceptors (Lipinski definition) is 5. The lowest BCUT2D eigenvalue weighted by molar-refractivity contribution is -0.274. The van der Waals surface area contributed by atoms with Crippen LogP contribution < -0.4 is 4.74 Å². The summed E-state index contributed by atoms with van der Waals surface area (Å²) in [4.78, 5) is 12.2. The first-order chi connectivity index (χ1) is 13.8. The fourth-order valence-corrected chi connectivity index (χ4v) is 3.30. The minimum atomic E-state index is -4.90. The summed E-state index contributed by atoms with van der Waals surface area (Å²) in [5, 5.41) is 11.3. The molecule has 1 N–H and O–H groups in total. The molecule has 5 nitrogen and oxygen atoms in total. The maximum Gasteiger partial charge on any atom is 0.573 e. The highest BCUT2D eigenvalue weighted by molar-refractivity contribution is 5.64. The summed E-state index contributed by atoms with van der Waals surface area (Å²) in [6, 6.07) is 6.01. The highest BCUT2D eigenvalue weighted by Gasteiger charge is 2.48. The van der Waals surface area contributed by atoms with Crippen LogP contribution in [0.2, 0.25) is 0 Å². The third-order valence-corrected chi connectivity index (χ3v) is 4.81. The minimum absolute atomic E-state index is 0.0256. The average Bonchev–Trinajstić information content (AvgIpc) is 3.53. The van der Waals surface area contributed by atoms with Gasteiger partial charge in [-0.05, 0) is 37.0 Å². The number of benzene rings is 1. The summed E-state index contributed by atoms with van der Waals surface area (Å²) in [6.07, 6.45) is 2.54. The van der Waals surface area contributed by atoms with Crippen LogP contribution in [-0.4, -0.2) is 26.4 Å². The Balaban J connectivity index is 1.64. The van der Waals surface area contributed by atoms with E-state index in [2.05, 4.69) is 19.7 Å². The number of aliphatic hydroxyl groups is 1. The number of pyridine rings is 1. The van der Waals surface area contributed by atoms with Crippen LogP contribution in [-0.2, 0) is 5.60 Å². The number of aromatic nitrogens is 3. The molecule has 0 radical (unpaired) electrons. The van der Waals surface area contributed by atoms with E-state index in [0.717, 1.165) is 18.9 Å². The Hall–Kier alpha value is -3.07. The largest absolute Gasteiger partial charge is 0.573 e. The van der Waals surface area contributed by atoms with Gasteiger partial charge in [-0.2, -0.15) is 0 Å². The van der Waals surface area contributed by atoms with Gasteiger partial charge in [0.25, 0.3) is 0 Å². The average molecular weight is 405 g/mol. The highest BCUT2D eigenvalue weighted by atomic mass is 19.4. The van der Waals surface area contributed by atoms with Crippen molar-refractivity contribution in [1.29, 1.82) is 0 Å². The second-order valence-corrected chi connectivity index (χ2v) is 6.79. The Labute approximate surface area is 163 Å². The molecule has 1 aliphatic rings. The first-order valence-corrected chi connectivity index (χ1v) is 8.77. The van der Waals surface area contributed by atoms with E-state index in [1.165, 1.54) is 31.0 Å². The van der Waals surface area contributed by atoms with Crippen LogP contribution in [0.15, 0.2) is 55.2 Å². The van der Waals surface area contributed by atoms with Gasteiger partial charge in [-0.1, -0.05) is 6.07 Å². The van der Waals surface area contributed by atoms with Crippen molar-refractivity contribution in [2.75, 3.05) is 0 Å². The maximum atomic E-state index is 14.3. The van der Waals surface area contributed by atoms with Gasteiger partial charge in [-0.15, -0.1) is 13.2 Å². The number of ether oxygens (including phenoxy) is 1. The Bertz CT molecular complexity index is 1010. The van der Waals surface area contributed by atoms with Crippen LogP contribution in [0.4, 0.5) is 17.6 Å². The van der Waals surface area contributed by atoms with E-state index in [9.17, 15) is 22.7 Å². The van der Waals surface area contributed by atoms with Gasteiger partial charge >= 0.3 is 6.36 Å². The standard InChI is InChI=1S/C20H15F4N3O2/c21-17-7-15(29-20(22,23)24)4-5-16(17)12-1-6-18(27-8-12)19(28,13-2-3-13)14-9-25-11-26-10-14/h1,4-11,13,28H,2-3H2. The lowest BCUT2D eigenvalue weighted by Crippen LogP contribution is -2.31. The van der Waals surface area contributed by atoms with Crippen molar-refractivity contribution in [3.05, 3.63) is 72.3 Å². The molecule has 4 rings (SSSR count). The van der Waals surface area contributed by atoms with Crippen LogP contribution >= 0.6 is 0 Å². The van der Waals surface area contributed by atoms with E-state index in [1.54, 1.807) is 12.1 Å². The van der Waals surface area contributed by atoms with Gasteiger partial charge in [0.1, 0.15) is 23.5 Å². The van der Waals surface area contributed by atoms with E-state index >= 15 is 0 Å². The van der Waals surface area contributed by atoms with Gasteiger partial charge < -0.3 is 9.84 Å². The molecule has 29 heavy (non-hydrogen) atoms. The third kappa shape index (κ3) is 3.91. The van der Waals surface area contributed by atoms with Gasteiger partial charge in [0, 0.05) is 41.3 Å². The molecular weight excluding hydrogens is 390 g/mol. The second-order valence-electron chi connectivity index (χ2n) is 6.79. The van der Waals surface area contributed by atoms with E-state index in [1.807, 2.05) is 0 Å². The second kappa shape index (κ2) is 7.07. The highest BCUT2D eigenvalue weighted by Crippen LogP contribution is 2.48. The first kappa shape index (κ1) is 19.3. The van der Waals surface area contributed by atoms with Crippen molar-refractivity contribution >= 4 is 0 Å². The normalized spacial score (nSPS) is 16.3. The molecular formula is C20H15F4N3O2. The number of rotatable bonds is 5. The fraction of sp³-hybridized carbons (Fsp3) is 0.250. The molecule has 0 saturated heterocycles. The molecule has 0 spiro atoms. The van der Waals surface area contributed by atoms with E-state index < -0.39 is 23.5 Å². The van der Waals surface area contributed by atoms with E-state index in [4.69, 9.17) is 0 Å². The quantitative estimate of drug-likeness (QED) is 0.644. The summed E-state index contributed by atoms with van der Waals surface area (Å²) < 4.78 is 54.9. The Morgan fingerprint density at radius 2 is 1.72 bits per heavy atom. The van der Waals surface area contributed by atoms with Crippen molar-refractivity contribution in [2.45, 2.75) is 24.8 Å². The molecule has 0 amide bonds. The third-order valence-electron chi connectivity index (χ3n) is 4.81. The molecule has 3 aromatic rings. The summed E-state index contributed by atoms with van der Waals surface area (Å²) in [5.74, 6) is -1.55. The topological polar surface area (TPSA) is 68.1 Å². The molecule has 9 heteroatoms. The minimum Gasteiger partial charge on any atom is -0.406 e. The summed E-state index contributed by atoms with van der Waals surface area (Å²) in [6.45, 7) is 0. The SMILES string of the molecule is OC(c1cncnc1)(c1ccc(-c2ccc(OC(F)(F)F)cc2F)cn1)C1CC1. The van der Waals surface area contributed by atoms with Gasteiger partial charge in [0.2, 0.25) is 0 Å². The molecule has 2 aromatic heterocycles. The molecule has 1 aliphatic carbocycles. The van der Waals surface area contributed by atoms with E-state index in [0.29, 0.717) is 22.9 Å². The monoisotopic (exact) mass is 405 g/mol. The molecule has 150 valence electrons. The van der Waals surface area contributed by atoms with Gasteiger partial charge in [0.15, 0.2) is 0 Å². The summed E-state index contributed by atoms with van der Waals surface area (Å²) in [7, 11) is 0. The van der Waals surface area contributed by atoms with Gasteiger partial charge in [-0.3, -0.25) is 4.98 Å². The van der Waals surface area contributed by atoms with Crippen LogP contribution in [0.25, 0.3) is 11.1 Å². The number of alkyl halides is 3. The zero-order valence-electron chi connectivity index (χ0n) is 14.9. The zero-order valence-corrected chi connectivity index (χ0v) is 14.9.